The first-order valence-corrected chi connectivity index (χ1v) is 10.5. The maximum absolute atomic E-state index is 12.8. The molecular weight excluding hydrogens is 400 g/mol. The van der Waals surface area contributed by atoms with Gasteiger partial charge in [-0.05, 0) is 43.4 Å². The largest absolute Gasteiger partial charge is 0.345 e. The molecule has 1 heterocycles. The fourth-order valence-corrected chi connectivity index (χ4v) is 3.99. The Morgan fingerprint density at radius 2 is 1.77 bits per heavy atom. The first-order valence-electron chi connectivity index (χ1n) is 10.1. The molecule has 0 aliphatic heterocycles. The van der Waals surface area contributed by atoms with Crippen LogP contribution >= 0.6 is 11.6 Å². The summed E-state index contributed by atoms with van der Waals surface area (Å²) in [6.45, 7) is 0. The molecule has 3 N–H and O–H groups in total. The zero-order valence-corrected chi connectivity index (χ0v) is 17.2. The molecule has 7 heteroatoms. The van der Waals surface area contributed by atoms with Crippen molar-refractivity contribution in [2.75, 3.05) is 5.32 Å². The molecule has 1 atom stereocenters. The van der Waals surface area contributed by atoms with Gasteiger partial charge in [-0.25, -0.2) is 0 Å². The van der Waals surface area contributed by atoms with Gasteiger partial charge in [0, 0.05) is 11.3 Å². The van der Waals surface area contributed by atoms with Crippen molar-refractivity contribution in [1.82, 2.24) is 15.5 Å². The Labute approximate surface area is 180 Å². The van der Waals surface area contributed by atoms with Crippen LogP contribution in [0.3, 0.4) is 0 Å². The summed E-state index contributed by atoms with van der Waals surface area (Å²) < 4.78 is 0. The van der Waals surface area contributed by atoms with Gasteiger partial charge < -0.3 is 10.6 Å². The van der Waals surface area contributed by atoms with Gasteiger partial charge in [-0.2, -0.15) is 5.10 Å². The first-order chi connectivity index (χ1) is 14.6. The molecule has 4 rings (SSSR count). The number of nitrogens with zero attached hydrogens (tertiary/aromatic N) is 1. The lowest BCUT2D eigenvalue weighted by molar-refractivity contribution is -0.116. The molecular formula is C23H23ClN4O2. The van der Waals surface area contributed by atoms with E-state index < -0.39 is 6.04 Å². The third kappa shape index (κ3) is 4.54. The Balaban J connectivity index is 1.50. The van der Waals surface area contributed by atoms with E-state index in [0.29, 0.717) is 16.4 Å². The summed E-state index contributed by atoms with van der Waals surface area (Å²) in [4.78, 5) is 25.6. The molecule has 30 heavy (non-hydrogen) atoms. The predicted octanol–water partition coefficient (Wildman–Crippen LogP) is 4.44. The van der Waals surface area contributed by atoms with Crippen molar-refractivity contribution in [3.05, 3.63) is 82.0 Å². The van der Waals surface area contributed by atoms with E-state index in [1.54, 1.807) is 24.3 Å². The maximum atomic E-state index is 12.8. The quantitative estimate of drug-likeness (QED) is 0.548. The van der Waals surface area contributed by atoms with Crippen molar-refractivity contribution in [2.45, 2.75) is 38.1 Å². The Hall–Kier alpha value is -3.12. The lowest BCUT2D eigenvalue weighted by Gasteiger charge is -2.19. The van der Waals surface area contributed by atoms with Crippen LogP contribution < -0.4 is 10.6 Å². The molecule has 154 valence electrons. The molecule has 2 aromatic carbocycles. The van der Waals surface area contributed by atoms with Crippen molar-refractivity contribution in [3.8, 4) is 0 Å². The number of anilines is 1. The summed E-state index contributed by atoms with van der Waals surface area (Å²) in [7, 11) is 0. The summed E-state index contributed by atoms with van der Waals surface area (Å²) in [6.07, 6.45) is 4.18. The van der Waals surface area contributed by atoms with E-state index in [1.165, 1.54) is 0 Å². The van der Waals surface area contributed by atoms with Crippen LogP contribution in [0.2, 0.25) is 5.02 Å². The highest BCUT2D eigenvalue weighted by atomic mass is 35.5. The van der Waals surface area contributed by atoms with E-state index in [0.717, 1.165) is 42.5 Å². The molecule has 2 amide bonds. The van der Waals surface area contributed by atoms with E-state index in [1.807, 2.05) is 30.3 Å². The number of hydrogen-bond acceptors (Lipinski definition) is 3. The standard InChI is InChI=1S/C23H23ClN4O2/c24-18-12-6-4-10-16(18)23(30)25-20(15-8-2-1-3-9-15)14-21(29)26-22-17-11-5-7-13-19(17)27-28-22/h1-4,6,8-10,12,20H,5,7,11,13-14H2,(H,25,30)(H2,26,27,28,29)/t20-/m1/s1. The molecule has 0 bridgehead atoms. The highest BCUT2D eigenvalue weighted by molar-refractivity contribution is 6.33. The number of aromatic nitrogens is 2. The average molecular weight is 423 g/mol. The van der Waals surface area contributed by atoms with Crippen LogP contribution in [0.1, 0.15) is 52.5 Å². The molecule has 1 aliphatic carbocycles. The smallest absolute Gasteiger partial charge is 0.253 e. The molecule has 1 aromatic heterocycles. The third-order valence-corrected chi connectivity index (χ3v) is 5.66. The number of hydrogen-bond donors (Lipinski definition) is 3. The second-order valence-corrected chi connectivity index (χ2v) is 7.81. The normalized spacial score (nSPS) is 13.9. The molecule has 6 nitrogen and oxygen atoms in total. The summed E-state index contributed by atoms with van der Waals surface area (Å²) in [6, 6.07) is 15.8. The van der Waals surface area contributed by atoms with Gasteiger partial charge in [0.15, 0.2) is 5.82 Å². The number of fused-ring (bicyclic) bond motifs is 1. The number of aryl methyl sites for hydroxylation is 1. The van der Waals surface area contributed by atoms with Gasteiger partial charge in [-0.15, -0.1) is 0 Å². The van der Waals surface area contributed by atoms with Gasteiger partial charge in [-0.1, -0.05) is 54.1 Å². The predicted molar refractivity (Wildman–Crippen MR) is 117 cm³/mol. The summed E-state index contributed by atoms with van der Waals surface area (Å²) in [5.41, 5.74) is 3.41. The van der Waals surface area contributed by atoms with Crippen LogP contribution in [0.15, 0.2) is 54.6 Å². The Kier molecular flexibility index (Phi) is 6.14. The summed E-state index contributed by atoms with van der Waals surface area (Å²) in [5, 5.41) is 13.5. The van der Waals surface area contributed by atoms with Crippen LogP contribution in [-0.2, 0) is 17.6 Å². The zero-order valence-electron chi connectivity index (χ0n) is 16.5. The molecule has 0 fully saturated rings. The topological polar surface area (TPSA) is 86.9 Å². The Morgan fingerprint density at radius 1 is 1.03 bits per heavy atom. The van der Waals surface area contributed by atoms with Crippen molar-refractivity contribution in [1.29, 1.82) is 0 Å². The van der Waals surface area contributed by atoms with Crippen LogP contribution in [0.5, 0.6) is 0 Å². The highest BCUT2D eigenvalue weighted by Crippen LogP contribution is 2.26. The molecule has 0 radical (unpaired) electrons. The third-order valence-electron chi connectivity index (χ3n) is 5.33. The van der Waals surface area contributed by atoms with Crippen LogP contribution in [0.4, 0.5) is 5.82 Å². The number of aromatic amines is 1. The van der Waals surface area contributed by atoms with E-state index in [9.17, 15) is 9.59 Å². The molecule has 3 aromatic rings. The minimum Gasteiger partial charge on any atom is -0.345 e. The summed E-state index contributed by atoms with van der Waals surface area (Å²) in [5.74, 6) is 0.0709. The fraction of sp³-hybridized carbons (Fsp3) is 0.261. The van der Waals surface area contributed by atoms with Crippen molar-refractivity contribution < 1.29 is 9.59 Å². The van der Waals surface area contributed by atoms with Gasteiger partial charge in [0.1, 0.15) is 0 Å². The number of benzene rings is 2. The molecule has 0 saturated carbocycles. The number of carbonyl (C=O) groups excluding carboxylic acids is 2. The van der Waals surface area contributed by atoms with Crippen LogP contribution in [0.25, 0.3) is 0 Å². The van der Waals surface area contributed by atoms with E-state index in [2.05, 4.69) is 20.8 Å². The molecule has 0 unspecified atom stereocenters. The van der Waals surface area contributed by atoms with Gasteiger partial charge in [0.05, 0.1) is 23.0 Å². The number of carbonyl (C=O) groups is 2. The van der Waals surface area contributed by atoms with Crippen LogP contribution in [0, 0.1) is 0 Å². The average Bonchev–Trinajstić information content (AvgIpc) is 3.17. The number of rotatable bonds is 6. The van der Waals surface area contributed by atoms with E-state index in [-0.39, 0.29) is 18.2 Å². The van der Waals surface area contributed by atoms with E-state index >= 15 is 0 Å². The Morgan fingerprint density at radius 3 is 2.57 bits per heavy atom. The van der Waals surface area contributed by atoms with Crippen LogP contribution in [-0.4, -0.2) is 22.0 Å². The second kappa shape index (κ2) is 9.13. The van der Waals surface area contributed by atoms with Crippen molar-refractivity contribution in [2.24, 2.45) is 0 Å². The number of halogens is 1. The SMILES string of the molecule is O=C(C[C@@H](NC(=O)c1ccccc1Cl)c1ccccc1)Nc1n[nH]c2c1CCCC2. The molecule has 0 spiro atoms. The monoisotopic (exact) mass is 422 g/mol. The molecule has 1 aliphatic rings. The lowest BCUT2D eigenvalue weighted by Crippen LogP contribution is -2.32. The summed E-state index contributed by atoms with van der Waals surface area (Å²) >= 11 is 6.16. The lowest BCUT2D eigenvalue weighted by atomic mass is 9.97. The van der Waals surface area contributed by atoms with Crippen molar-refractivity contribution in [3.63, 3.8) is 0 Å². The van der Waals surface area contributed by atoms with E-state index in [4.69, 9.17) is 11.6 Å². The number of nitrogens with one attached hydrogen (secondary N) is 3. The Bertz CT molecular complexity index is 1050. The number of H-pyrrole nitrogens is 1. The van der Waals surface area contributed by atoms with Gasteiger partial charge >= 0.3 is 0 Å². The zero-order chi connectivity index (χ0) is 20.9. The van der Waals surface area contributed by atoms with Gasteiger partial charge in [-0.3, -0.25) is 14.7 Å². The second-order valence-electron chi connectivity index (χ2n) is 7.41. The number of amides is 2. The van der Waals surface area contributed by atoms with Gasteiger partial charge in [0.25, 0.3) is 5.91 Å². The maximum Gasteiger partial charge on any atom is 0.253 e. The minimum absolute atomic E-state index is 0.0852. The fourth-order valence-electron chi connectivity index (χ4n) is 3.77. The van der Waals surface area contributed by atoms with Crippen molar-refractivity contribution >= 4 is 29.2 Å². The first kappa shape index (κ1) is 20.2. The highest BCUT2D eigenvalue weighted by Gasteiger charge is 2.23. The minimum atomic E-state index is -0.496. The van der Waals surface area contributed by atoms with Gasteiger partial charge in [0.2, 0.25) is 5.91 Å². The molecule has 0 saturated heterocycles.